The highest BCUT2D eigenvalue weighted by Crippen LogP contribution is 2.32. The van der Waals surface area contributed by atoms with Crippen molar-refractivity contribution in [1.82, 2.24) is 5.32 Å². The van der Waals surface area contributed by atoms with Crippen LogP contribution in [0.5, 0.6) is 11.5 Å². The molecule has 0 saturated carbocycles. The Bertz CT molecular complexity index is 520. The van der Waals surface area contributed by atoms with Gasteiger partial charge in [0.15, 0.2) is 16.6 Å². The summed E-state index contributed by atoms with van der Waals surface area (Å²) in [5.41, 5.74) is 0.762. The van der Waals surface area contributed by atoms with E-state index in [0.717, 1.165) is 30.7 Å². The zero-order valence-electron chi connectivity index (χ0n) is 12.1. The van der Waals surface area contributed by atoms with Crippen LogP contribution < -0.4 is 20.1 Å². The van der Waals surface area contributed by atoms with Crippen LogP contribution in [0, 0.1) is 0 Å². The highest BCUT2D eigenvalue weighted by Gasteiger charge is 2.12. The number of nitrogens with one attached hydrogen (secondary N) is 2. The van der Waals surface area contributed by atoms with Crippen LogP contribution in [0.25, 0.3) is 0 Å². The lowest BCUT2D eigenvalue weighted by Gasteiger charge is -2.19. The Morgan fingerprint density at radius 3 is 2.76 bits per heavy atom. The lowest BCUT2D eigenvalue weighted by molar-refractivity contribution is -0.119. The Hall–Kier alpha value is -1.82. The molecule has 5 nitrogen and oxygen atoms in total. The molecule has 0 aromatic heterocycles. The third kappa shape index (κ3) is 4.90. The van der Waals surface area contributed by atoms with Crippen LogP contribution >= 0.6 is 12.2 Å². The summed E-state index contributed by atoms with van der Waals surface area (Å²) in [5.74, 6) is 1.35. The van der Waals surface area contributed by atoms with Gasteiger partial charge in [0.05, 0.1) is 0 Å². The molecule has 0 bridgehead atoms. The third-order valence-corrected chi connectivity index (χ3v) is 3.26. The van der Waals surface area contributed by atoms with Crippen molar-refractivity contribution >= 4 is 28.9 Å². The zero-order valence-corrected chi connectivity index (χ0v) is 12.9. The van der Waals surface area contributed by atoms with Crippen LogP contribution in [-0.2, 0) is 4.79 Å². The molecule has 1 heterocycles. The van der Waals surface area contributed by atoms with Crippen molar-refractivity contribution in [3.8, 4) is 11.5 Å². The Morgan fingerprint density at radius 2 is 2.00 bits per heavy atom. The van der Waals surface area contributed by atoms with Crippen LogP contribution in [0.2, 0.25) is 0 Å². The summed E-state index contributed by atoms with van der Waals surface area (Å²) in [7, 11) is 0. The fourth-order valence-corrected chi connectivity index (χ4v) is 2.24. The van der Waals surface area contributed by atoms with E-state index in [1.807, 2.05) is 18.2 Å². The number of hydrogen-bond donors (Lipinski definition) is 2. The molecule has 1 amide bonds. The van der Waals surface area contributed by atoms with Gasteiger partial charge in [-0.3, -0.25) is 4.79 Å². The molecule has 0 saturated heterocycles. The predicted molar refractivity (Wildman–Crippen MR) is 85.9 cm³/mol. The lowest BCUT2D eigenvalue weighted by Crippen LogP contribution is -2.33. The van der Waals surface area contributed by atoms with Gasteiger partial charge in [0.2, 0.25) is 5.91 Å². The highest BCUT2D eigenvalue weighted by molar-refractivity contribution is 7.80. The molecule has 6 heteroatoms. The molecule has 0 atom stereocenters. The van der Waals surface area contributed by atoms with E-state index in [2.05, 4.69) is 17.6 Å². The van der Waals surface area contributed by atoms with Gasteiger partial charge in [-0.2, -0.15) is 0 Å². The maximum Gasteiger partial charge on any atom is 0.226 e. The van der Waals surface area contributed by atoms with Crippen LogP contribution in [0.4, 0.5) is 5.69 Å². The molecule has 2 rings (SSSR count). The number of carbonyl (C=O) groups is 1. The molecule has 0 radical (unpaired) electrons. The maximum atomic E-state index is 11.7. The monoisotopic (exact) mass is 308 g/mol. The van der Waals surface area contributed by atoms with E-state index in [1.54, 1.807) is 0 Å². The van der Waals surface area contributed by atoms with E-state index in [-0.39, 0.29) is 5.91 Å². The van der Waals surface area contributed by atoms with E-state index in [4.69, 9.17) is 21.7 Å². The predicted octanol–water partition coefficient (Wildman–Crippen LogP) is 2.85. The van der Waals surface area contributed by atoms with E-state index in [0.29, 0.717) is 30.5 Å². The Morgan fingerprint density at radius 1 is 1.24 bits per heavy atom. The molecule has 1 aromatic carbocycles. The van der Waals surface area contributed by atoms with Gasteiger partial charge in [0.1, 0.15) is 13.2 Å². The number of benzene rings is 1. The summed E-state index contributed by atoms with van der Waals surface area (Å²) in [6.45, 7) is 3.20. The summed E-state index contributed by atoms with van der Waals surface area (Å²) >= 11 is 5.13. The number of ether oxygens (including phenoxy) is 2. The Balaban J connectivity index is 1.83. The lowest BCUT2D eigenvalue weighted by atomic mass is 10.2. The minimum atomic E-state index is -0.0570. The first kappa shape index (κ1) is 15.6. The van der Waals surface area contributed by atoms with Crippen molar-refractivity contribution in [2.75, 3.05) is 18.5 Å². The van der Waals surface area contributed by atoms with Crippen molar-refractivity contribution in [2.45, 2.75) is 32.6 Å². The van der Waals surface area contributed by atoms with Crippen molar-refractivity contribution in [2.24, 2.45) is 0 Å². The van der Waals surface area contributed by atoms with Gasteiger partial charge < -0.3 is 20.1 Å². The van der Waals surface area contributed by atoms with Gasteiger partial charge in [-0.05, 0) is 30.8 Å². The van der Waals surface area contributed by atoms with Crippen LogP contribution in [-0.4, -0.2) is 24.2 Å². The average Bonchev–Trinajstić information content (AvgIpc) is 2.47. The molecular formula is C15H20N2O3S. The molecule has 0 spiro atoms. The van der Waals surface area contributed by atoms with Gasteiger partial charge in [-0.15, -0.1) is 0 Å². The molecule has 0 unspecified atom stereocenters. The largest absolute Gasteiger partial charge is 0.486 e. The number of amides is 1. The van der Waals surface area contributed by atoms with Crippen molar-refractivity contribution in [3.05, 3.63) is 18.2 Å². The number of thiocarbonyl (C=S) groups is 1. The molecule has 1 aliphatic rings. The fourth-order valence-electron chi connectivity index (χ4n) is 2.01. The number of fused-ring (bicyclic) bond motifs is 1. The summed E-state index contributed by atoms with van der Waals surface area (Å²) in [6, 6.07) is 5.47. The SMILES string of the molecule is CCCCCC(=O)NC(=S)Nc1ccc2c(c1)OCCO2. The van der Waals surface area contributed by atoms with Crippen LogP contribution in [0.15, 0.2) is 18.2 Å². The highest BCUT2D eigenvalue weighted by atomic mass is 32.1. The van der Waals surface area contributed by atoms with Crippen molar-refractivity contribution in [1.29, 1.82) is 0 Å². The first-order valence-electron chi connectivity index (χ1n) is 7.19. The molecule has 1 aliphatic heterocycles. The standard InChI is InChI=1S/C15H20N2O3S/c1-2-3-4-5-14(18)17-15(21)16-11-6-7-12-13(10-11)20-9-8-19-12/h6-7,10H,2-5,8-9H2,1H3,(H2,16,17,18,21). The Kier molecular flexibility index (Phi) is 5.80. The minimum Gasteiger partial charge on any atom is -0.486 e. The second-order valence-electron chi connectivity index (χ2n) is 4.82. The zero-order chi connectivity index (χ0) is 15.1. The average molecular weight is 308 g/mol. The number of hydrogen-bond acceptors (Lipinski definition) is 4. The van der Waals surface area contributed by atoms with Gasteiger partial charge >= 0.3 is 0 Å². The van der Waals surface area contributed by atoms with Gasteiger partial charge in [0.25, 0.3) is 0 Å². The topological polar surface area (TPSA) is 59.6 Å². The molecular weight excluding hydrogens is 288 g/mol. The van der Waals surface area contributed by atoms with Crippen LogP contribution in [0.1, 0.15) is 32.6 Å². The summed E-state index contributed by atoms with van der Waals surface area (Å²) in [5, 5.41) is 5.95. The Labute approximate surface area is 130 Å². The fraction of sp³-hybridized carbons (Fsp3) is 0.467. The number of anilines is 1. The first-order valence-corrected chi connectivity index (χ1v) is 7.60. The number of carbonyl (C=O) groups excluding carboxylic acids is 1. The molecule has 0 fully saturated rings. The second-order valence-corrected chi connectivity index (χ2v) is 5.23. The molecule has 21 heavy (non-hydrogen) atoms. The van der Waals surface area contributed by atoms with Gasteiger partial charge in [-0.25, -0.2) is 0 Å². The van der Waals surface area contributed by atoms with E-state index < -0.39 is 0 Å². The summed E-state index contributed by atoms with van der Waals surface area (Å²) < 4.78 is 10.9. The maximum absolute atomic E-state index is 11.7. The number of unbranched alkanes of at least 4 members (excludes halogenated alkanes) is 2. The summed E-state index contributed by atoms with van der Waals surface area (Å²) in [4.78, 5) is 11.7. The van der Waals surface area contributed by atoms with Crippen molar-refractivity contribution in [3.63, 3.8) is 0 Å². The van der Waals surface area contributed by atoms with Crippen LogP contribution in [0.3, 0.4) is 0 Å². The second kappa shape index (κ2) is 7.83. The van der Waals surface area contributed by atoms with Gasteiger partial charge in [-0.1, -0.05) is 19.8 Å². The summed E-state index contributed by atoms with van der Waals surface area (Å²) in [6.07, 6.45) is 3.52. The van der Waals surface area contributed by atoms with Crippen molar-refractivity contribution < 1.29 is 14.3 Å². The molecule has 114 valence electrons. The van der Waals surface area contributed by atoms with Gasteiger partial charge in [0, 0.05) is 18.2 Å². The van der Waals surface area contributed by atoms with E-state index in [9.17, 15) is 4.79 Å². The quantitative estimate of drug-likeness (QED) is 0.647. The minimum absolute atomic E-state index is 0.0570. The number of rotatable bonds is 5. The smallest absolute Gasteiger partial charge is 0.226 e. The molecule has 1 aromatic rings. The molecule has 2 N–H and O–H groups in total. The third-order valence-electron chi connectivity index (χ3n) is 3.06. The normalized spacial score (nSPS) is 12.6. The van der Waals surface area contributed by atoms with E-state index in [1.165, 1.54) is 0 Å². The first-order chi connectivity index (χ1) is 10.2. The molecule has 0 aliphatic carbocycles. The van der Waals surface area contributed by atoms with E-state index >= 15 is 0 Å².